The molecule has 0 radical (unpaired) electrons. The summed E-state index contributed by atoms with van der Waals surface area (Å²) < 4.78 is 5.36. The highest BCUT2D eigenvalue weighted by Crippen LogP contribution is 2.36. The van der Waals surface area contributed by atoms with Gasteiger partial charge in [0, 0.05) is 17.7 Å². The zero-order valence-electron chi connectivity index (χ0n) is 8.95. The van der Waals surface area contributed by atoms with Gasteiger partial charge in [0.15, 0.2) is 0 Å². The van der Waals surface area contributed by atoms with Crippen LogP contribution in [-0.4, -0.2) is 12.2 Å². The van der Waals surface area contributed by atoms with Crippen molar-refractivity contribution in [2.45, 2.75) is 30.3 Å². The summed E-state index contributed by atoms with van der Waals surface area (Å²) in [5.41, 5.74) is 0.680. The average Bonchev–Trinajstić information content (AvgIpc) is 2.60. The number of thioether (sulfide) groups is 1. The SMILES string of the molecule is CSc1ccc(C2(C)CCC(=O)O2)cc1. The summed E-state index contributed by atoms with van der Waals surface area (Å²) in [6.45, 7) is 1.98. The van der Waals surface area contributed by atoms with Crippen LogP contribution in [0.5, 0.6) is 0 Å². The van der Waals surface area contributed by atoms with Gasteiger partial charge in [-0.15, -0.1) is 11.8 Å². The van der Waals surface area contributed by atoms with Crippen molar-refractivity contribution in [2.24, 2.45) is 0 Å². The van der Waals surface area contributed by atoms with Gasteiger partial charge in [-0.3, -0.25) is 4.79 Å². The molecule has 1 saturated heterocycles. The lowest BCUT2D eigenvalue weighted by Gasteiger charge is -2.23. The predicted molar refractivity (Wildman–Crippen MR) is 60.9 cm³/mol. The highest BCUT2D eigenvalue weighted by Gasteiger charge is 2.37. The molecule has 0 aliphatic carbocycles. The number of cyclic esters (lactones) is 1. The molecule has 0 amide bonds. The first-order valence-corrected chi connectivity index (χ1v) is 6.23. The number of carbonyl (C=O) groups is 1. The summed E-state index contributed by atoms with van der Waals surface area (Å²) in [6, 6.07) is 8.23. The molecule has 1 aliphatic rings. The second kappa shape index (κ2) is 3.89. The second-order valence-corrected chi connectivity index (χ2v) is 4.81. The van der Waals surface area contributed by atoms with Crippen LogP contribution in [0.3, 0.4) is 0 Å². The summed E-state index contributed by atoms with van der Waals surface area (Å²) in [5.74, 6) is -0.0913. The standard InChI is InChI=1S/C12H14O2S/c1-12(8-7-11(13)14-12)9-3-5-10(15-2)6-4-9/h3-6H,7-8H2,1-2H3. The number of rotatable bonds is 2. The van der Waals surface area contributed by atoms with E-state index in [2.05, 4.69) is 12.1 Å². The molecule has 1 aliphatic heterocycles. The van der Waals surface area contributed by atoms with Crippen LogP contribution in [0.1, 0.15) is 25.3 Å². The first kappa shape index (κ1) is 10.6. The minimum Gasteiger partial charge on any atom is -0.454 e. The van der Waals surface area contributed by atoms with Crippen LogP contribution in [0.15, 0.2) is 29.2 Å². The number of ether oxygens (including phenoxy) is 1. The van der Waals surface area contributed by atoms with E-state index >= 15 is 0 Å². The summed E-state index contributed by atoms with van der Waals surface area (Å²) in [5, 5.41) is 0. The van der Waals surface area contributed by atoms with Crippen LogP contribution in [0.4, 0.5) is 0 Å². The Bertz CT molecular complexity index is 372. The Kier molecular flexibility index (Phi) is 2.74. The van der Waals surface area contributed by atoms with Gasteiger partial charge in [-0.05, 0) is 30.9 Å². The molecule has 0 N–H and O–H groups in total. The van der Waals surface area contributed by atoms with Crippen molar-refractivity contribution in [1.82, 2.24) is 0 Å². The molecule has 1 aromatic carbocycles. The number of esters is 1. The van der Waals surface area contributed by atoms with E-state index in [1.807, 2.05) is 25.3 Å². The fourth-order valence-corrected chi connectivity index (χ4v) is 2.25. The van der Waals surface area contributed by atoms with E-state index in [0.717, 1.165) is 12.0 Å². The third kappa shape index (κ3) is 2.02. The van der Waals surface area contributed by atoms with E-state index < -0.39 is 5.60 Å². The van der Waals surface area contributed by atoms with Crippen LogP contribution >= 0.6 is 11.8 Å². The number of benzene rings is 1. The van der Waals surface area contributed by atoms with Gasteiger partial charge in [-0.1, -0.05) is 12.1 Å². The van der Waals surface area contributed by atoms with Gasteiger partial charge in [-0.2, -0.15) is 0 Å². The second-order valence-electron chi connectivity index (χ2n) is 3.93. The average molecular weight is 222 g/mol. The van der Waals surface area contributed by atoms with Gasteiger partial charge >= 0.3 is 5.97 Å². The highest BCUT2D eigenvalue weighted by molar-refractivity contribution is 7.98. The van der Waals surface area contributed by atoms with E-state index in [1.54, 1.807) is 11.8 Å². The van der Waals surface area contributed by atoms with E-state index in [4.69, 9.17) is 4.74 Å². The maximum atomic E-state index is 11.1. The van der Waals surface area contributed by atoms with E-state index in [-0.39, 0.29) is 5.97 Å². The molecule has 0 aromatic heterocycles. The first-order chi connectivity index (χ1) is 7.14. The Morgan fingerprint density at radius 2 is 2.00 bits per heavy atom. The Morgan fingerprint density at radius 1 is 1.33 bits per heavy atom. The normalized spacial score (nSPS) is 25.3. The molecule has 3 heteroatoms. The summed E-state index contributed by atoms with van der Waals surface area (Å²) in [4.78, 5) is 12.4. The number of hydrogen-bond acceptors (Lipinski definition) is 3. The molecular weight excluding hydrogens is 208 g/mol. The number of hydrogen-bond donors (Lipinski definition) is 0. The van der Waals surface area contributed by atoms with Crippen LogP contribution in [0.25, 0.3) is 0 Å². The van der Waals surface area contributed by atoms with Crippen molar-refractivity contribution in [3.05, 3.63) is 29.8 Å². The molecular formula is C12H14O2S. The van der Waals surface area contributed by atoms with Crippen LogP contribution in [0.2, 0.25) is 0 Å². The van der Waals surface area contributed by atoms with Gasteiger partial charge < -0.3 is 4.74 Å². The van der Waals surface area contributed by atoms with Gasteiger partial charge in [0.25, 0.3) is 0 Å². The summed E-state index contributed by atoms with van der Waals surface area (Å²) in [7, 11) is 0. The van der Waals surface area contributed by atoms with Gasteiger partial charge in [0.05, 0.1) is 0 Å². The van der Waals surface area contributed by atoms with Crippen molar-refractivity contribution >= 4 is 17.7 Å². The van der Waals surface area contributed by atoms with Gasteiger partial charge in [0.1, 0.15) is 5.60 Å². The van der Waals surface area contributed by atoms with Crippen molar-refractivity contribution < 1.29 is 9.53 Å². The molecule has 1 aromatic rings. The lowest BCUT2D eigenvalue weighted by molar-refractivity contribution is -0.147. The van der Waals surface area contributed by atoms with E-state index in [0.29, 0.717) is 6.42 Å². The van der Waals surface area contributed by atoms with Gasteiger partial charge in [-0.25, -0.2) is 0 Å². The minimum atomic E-state index is -0.409. The minimum absolute atomic E-state index is 0.0913. The smallest absolute Gasteiger partial charge is 0.306 e. The van der Waals surface area contributed by atoms with Gasteiger partial charge in [0.2, 0.25) is 0 Å². The highest BCUT2D eigenvalue weighted by atomic mass is 32.2. The Balaban J connectivity index is 2.25. The monoisotopic (exact) mass is 222 g/mol. The maximum Gasteiger partial charge on any atom is 0.306 e. The molecule has 2 nitrogen and oxygen atoms in total. The van der Waals surface area contributed by atoms with Crippen LogP contribution in [0, 0.1) is 0 Å². The largest absolute Gasteiger partial charge is 0.454 e. The van der Waals surface area contributed by atoms with Crippen molar-refractivity contribution in [3.63, 3.8) is 0 Å². The lowest BCUT2D eigenvalue weighted by Crippen LogP contribution is -2.20. The topological polar surface area (TPSA) is 26.3 Å². The van der Waals surface area contributed by atoms with Crippen molar-refractivity contribution in [3.8, 4) is 0 Å². The molecule has 1 fully saturated rings. The number of carbonyl (C=O) groups excluding carboxylic acids is 1. The first-order valence-electron chi connectivity index (χ1n) is 5.00. The zero-order chi connectivity index (χ0) is 10.9. The Morgan fingerprint density at radius 3 is 2.47 bits per heavy atom. The summed E-state index contributed by atoms with van der Waals surface area (Å²) >= 11 is 1.71. The lowest BCUT2D eigenvalue weighted by atomic mass is 9.93. The third-order valence-electron chi connectivity index (χ3n) is 2.85. The zero-order valence-corrected chi connectivity index (χ0v) is 9.76. The van der Waals surface area contributed by atoms with Crippen LogP contribution < -0.4 is 0 Å². The van der Waals surface area contributed by atoms with E-state index in [9.17, 15) is 4.79 Å². The quantitative estimate of drug-likeness (QED) is 0.568. The fourth-order valence-electron chi connectivity index (χ4n) is 1.84. The molecule has 0 spiro atoms. The van der Waals surface area contributed by atoms with Crippen molar-refractivity contribution in [2.75, 3.05) is 6.26 Å². The molecule has 2 rings (SSSR count). The maximum absolute atomic E-state index is 11.1. The Labute approximate surface area is 94.0 Å². The molecule has 1 heterocycles. The third-order valence-corrected chi connectivity index (χ3v) is 3.59. The fraction of sp³-hybridized carbons (Fsp3) is 0.417. The molecule has 80 valence electrons. The molecule has 0 saturated carbocycles. The van der Waals surface area contributed by atoms with E-state index in [1.165, 1.54) is 4.90 Å². The molecule has 15 heavy (non-hydrogen) atoms. The Hall–Kier alpha value is -0.960. The predicted octanol–water partition coefficient (Wildman–Crippen LogP) is 2.96. The molecule has 0 bridgehead atoms. The van der Waals surface area contributed by atoms with Crippen LogP contribution in [-0.2, 0) is 15.1 Å². The van der Waals surface area contributed by atoms with Crippen molar-refractivity contribution in [1.29, 1.82) is 0 Å². The molecule has 1 atom stereocenters. The summed E-state index contributed by atoms with van der Waals surface area (Å²) in [6.07, 6.45) is 3.36. The molecule has 1 unspecified atom stereocenters.